The Hall–Kier alpha value is -2.31. The molecule has 2 aromatic carbocycles. The van der Waals surface area contributed by atoms with Crippen LogP contribution in [0.4, 0.5) is 4.79 Å². The van der Waals surface area contributed by atoms with E-state index in [0.717, 1.165) is 29.6 Å². The fraction of sp³-hybridized carbons (Fsp3) is 0.333. The van der Waals surface area contributed by atoms with Crippen LogP contribution in [-0.2, 0) is 11.2 Å². The van der Waals surface area contributed by atoms with Crippen molar-refractivity contribution in [2.45, 2.75) is 31.4 Å². The summed E-state index contributed by atoms with van der Waals surface area (Å²) in [6.45, 7) is 5.40. The minimum Gasteiger partial charge on any atom is -0.493 e. The quantitative estimate of drug-likeness (QED) is 0.791. The van der Waals surface area contributed by atoms with Gasteiger partial charge in [0.25, 0.3) is 5.24 Å². The lowest BCUT2D eigenvalue weighted by atomic mass is 10.0. The Balaban J connectivity index is 0.000000817. The number of amides is 2. The second-order valence-electron chi connectivity index (χ2n) is 6.26. The fourth-order valence-electron chi connectivity index (χ4n) is 2.56. The molecule has 144 valence electrons. The predicted molar refractivity (Wildman–Crippen MR) is 110 cm³/mol. The van der Waals surface area contributed by atoms with Crippen molar-refractivity contribution in [2.24, 2.45) is 5.73 Å². The molecule has 1 fully saturated rings. The van der Waals surface area contributed by atoms with Crippen molar-refractivity contribution < 1.29 is 14.3 Å². The van der Waals surface area contributed by atoms with E-state index in [4.69, 9.17) is 10.5 Å². The summed E-state index contributed by atoms with van der Waals surface area (Å²) in [4.78, 5) is 22.8. The summed E-state index contributed by atoms with van der Waals surface area (Å²) >= 11 is 1.05. The van der Waals surface area contributed by atoms with Crippen LogP contribution in [0.15, 0.2) is 54.6 Å². The van der Waals surface area contributed by atoms with E-state index >= 15 is 0 Å². The third kappa shape index (κ3) is 6.73. The second kappa shape index (κ2) is 10.7. The summed E-state index contributed by atoms with van der Waals surface area (Å²) < 4.78 is 5.85. The van der Waals surface area contributed by atoms with Gasteiger partial charge in [0.1, 0.15) is 5.75 Å². The lowest BCUT2D eigenvalue weighted by Gasteiger charge is -2.14. The number of carbonyl (C=O) groups excluding carboxylic acids is 2. The summed E-state index contributed by atoms with van der Waals surface area (Å²) in [5.74, 6) is 0.915. The molecular weight excluding hydrogens is 360 g/mol. The molecule has 5 nitrogen and oxygen atoms in total. The van der Waals surface area contributed by atoms with E-state index in [0.29, 0.717) is 18.9 Å². The number of hydrogen-bond donors (Lipinski definition) is 2. The van der Waals surface area contributed by atoms with Gasteiger partial charge in [-0.25, -0.2) is 0 Å². The lowest BCUT2D eigenvalue weighted by molar-refractivity contribution is -0.118. The van der Waals surface area contributed by atoms with Crippen molar-refractivity contribution in [1.29, 1.82) is 0 Å². The third-order valence-electron chi connectivity index (χ3n) is 3.98. The van der Waals surface area contributed by atoms with Crippen LogP contribution in [0.2, 0.25) is 0 Å². The van der Waals surface area contributed by atoms with E-state index in [1.54, 1.807) is 0 Å². The van der Waals surface area contributed by atoms with Crippen LogP contribution in [0, 0.1) is 0 Å². The van der Waals surface area contributed by atoms with Gasteiger partial charge in [0, 0.05) is 5.92 Å². The van der Waals surface area contributed by atoms with Crippen LogP contribution in [0.1, 0.15) is 30.9 Å². The summed E-state index contributed by atoms with van der Waals surface area (Å²) in [6, 6.07) is 18.0. The van der Waals surface area contributed by atoms with Gasteiger partial charge in [-0.1, -0.05) is 68.1 Å². The third-order valence-corrected chi connectivity index (χ3v) is 4.96. The maximum Gasteiger partial charge on any atom is 0.286 e. The van der Waals surface area contributed by atoms with Crippen LogP contribution in [0.3, 0.4) is 0 Å². The van der Waals surface area contributed by atoms with E-state index in [9.17, 15) is 9.59 Å². The zero-order chi connectivity index (χ0) is 19.6. The lowest BCUT2D eigenvalue weighted by Crippen LogP contribution is -2.25. The minimum atomic E-state index is -0.331. The van der Waals surface area contributed by atoms with Crippen molar-refractivity contribution >= 4 is 22.9 Å². The predicted octanol–water partition coefficient (Wildman–Crippen LogP) is 3.73. The molecule has 27 heavy (non-hydrogen) atoms. The van der Waals surface area contributed by atoms with Gasteiger partial charge in [0.2, 0.25) is 5.91 Å². The van der Waals surface area contributed by atoms with E-state index < -0.39 is 0 Å². The molecule has 2 aromatic rings. The van der Waals surface area contributed by atoms with Gasteiger partial charge in [-0.2, -0.15) is 0 Å². The molecule has 1 aliphatic rings. The number of imide groups is 1. The Morgan fingerprint density at radius 2 is 1.74 bits per heavy atom. The van der Waals surface area contributed by atoms with Gasteiger partial charge < -0.3 is 10.5 Å². The number of nitrogens with two attached hydrogens (primary N) is 1. The van der Waals surface area contributed by atoms with Crippen LogP contribution in [-0.4, -0.2) is 29.5 Å². The molecule has 0 bridgehead atoms. The van der Waals surface area contributed by atoms with Crippen molar-refractivity contribution in [1.82, 2.24) is 5.32 Å². The monoisotopic (exact) mass is 386 g/mol. The molecule has 0 saturated carbocycles. The molecule has 2 atom stereocenters. The number of carbonyl (C=O) groups is 2. The van der Waals surface area contributed by atoms with Crippen LogP contribution < -0.4 is 15.8 Å². The molecule has 0 radical (unpaired) electrons. The highest BCUT2D eigenvalue weighted by Crippen LogP contribution is 2.24. The average Bonchev–Trinajstić information content (AvgIpc) is 2.99. The van der Waals surface area contributed by atoms with E-state index in [1.807, 2.05) is 49.4 Å². The molecule has 2 unspecified atom stereocenters. The van der Waals surface area contributed by atoms with Gasteiger partial charge in [0.05, 0.1) is 11.9 Å². The molecule has 1 heterocycles. The highest BCUT2D eigenvalue weighted by atomic mass is 32.2. The Bertz CT molecular complexity index is 735. The first kappa shape index (κ1) is 21.0. The van der Waals surface area contributed by atoms with Crippen LogP contribution in [0.5, 0.6) is 5.75 Å². The Morgan fingerprint density at radius 3 is 2.30 bits per heavy atom. The van der Waals surface area contributed by atoms with Crippen LogP contribution in [0.25, 0.3) is 0 Å². The first-order valence-electron chi connectivity index (χ1n) is 9.01. The number of ether oxygens (including phenoxy) is 1. The largest absolute Gasteiger partial charge is 0.493 e. The van der Waals surface area contributed by atoms with Gasteiger partial charge in [0.15, 0.2) is 0 Å². The van der Waals surface area contributed by atoms with Crippen LogP contribution >= 0.6 is 11.8 Å². The smallest absolute Gasteiger partial charge is 0.286 e. The molecule has 1 aliphatic heterocycles. The summed E-state index contributed by atoms with van der Waals surface area (Å²) in [6.07, 6.45) is 0.545. The minimum absolute atomic E-state index is 0.206. The first-order valence-corrected chi connectivity index (χ1v) is 9.89. The summed E-state index contributed by atoms with van der Waals surface area (Å²) in [5, 5.41) is 1.71. The van der Waals surface area contributed by atoms with Gasteiger partial charge >= 0.3 is 0 Å². The zero-order valence-electron chi connectivity index (χ0n) is 15.7. The second-order valence-corrected chi connectivity index (χ2v) is 7.44. The maximum atomic E-state index is 11.6. The summed E-state index contributed by atoms with van der Waals surface area (Å²) in [7, 11) is 0. The van der Waals surface area contributed by atoms with Crippen molar-refractivity contribution in [3.05, 3.63) is 65.7 Å². The number of thioether (sulfide) groups is 1. The Kier molecular flexibility index (Phi) is 8.36. The molecule has 0 aliphatic carbocycles. The molecular formula is C21H26N2O3S. The van der Waals surface area contributed by atoms with Crippen molar-refractivity contribution in [2.75, 3.05) is 13.2 Å². The normalized spacial score (nSPS) is 16.9. The maximum absolute atomic E-state index is 11.6. The first-order chi connectivity index (χ1) is 13.0. The fourth-order valence-corrected chi connectivity index (χ4v) is 3.42. The SMILES string of the molecule is CC(COc1ccc(CC2SC(=O)NC2=O)cc1)c1ccccc1.CCN. The van der Waals surface area contributed by atoms with Crippen molar-refractivity contribution in [3.63, 3.8) is 0 Å². The average molecular weight is 387 g/mol. The van der Waals surface area contributed by atoms with E-state index in [1.165, 1.54) is 5.56 Å². The topological polar surface area (TPSA) is 81.4 Å². The van der Waals surface area contributed by atoms with E-state index in [2.05, 4.69) is 24.4 Å². The van der Waals surface area contributed by atoms with Gasteiger partial charge in [-0.05, 0) is 36.2 Å². The highest BCUT2D eigenvalue weighted by molar-refractivity contribution is 8.15. The number of rotatable bonds is 6. The molecule has 0 spiro atoms. The standard InChI is InChI=1S/C19H19NO3S.C2H7N/c1-13(15-5-3-2-4-6-15)12-23-16-9-7-14(8-10-16)11-17-18(21)20-19(22)24-17;1-2-3/h2-10,13,17H,11-12H2,1H3,(H,20,21,22);2-3H2,1H3. The zero-order valence-corrected chi connectivity index (χ0v) is 16.5. The number of nitrogens with one attached hydrogen (secondary N) is 1. The molecule has 3 rings (SSSR count). The molecule has 1 saturated heterocycles. The summed E-state index contributed by atoms with van der Waals surface area (Å²) in [5.41, 5.74) is 7.11. The molecule has 6 heteroatoms. The Labute approximate surface area is 164 Å². The van der Waals surface area contributed by atoms with Crippen molar-refractivity contribution in [3.8, 4) is 5.75 Å². The van der Waals surface area contributed by atoms with Gasteiger partial charge in [-0.15, -0.1) is 0 Å². The molecule has 0 aromatic heterocycles. The van der Waals surface area contributed by atoms with E-state index in [-0.39, 0.29) is 16.4 Å². The molecule has 2 amide bonds. The number of hydrogen-bond acceptors (Lipinski definition) is 5. The number of benzene rings is 2. The highest BCUT2D eigenvalue weighted by Gasteiger charge is 2.31. The molecule has 3 N–H and O–H groups in total. The Morgan fingerprint density at radius 1 is 1.11 bits per heavy atom. The van der Waals surface area contributed by atoms with Gasteiger partial charge in [-0.3, -0.25) is 14.9 Å².